The zero-order chi connectivity index (χ0) is 63.0. The third-order valence-electron chi connectivity index (χ3n) is 18.8. The first-order chi connectivity index (χ1) is 43.2. The van der Waals surface area contributed by atoms with E-state index >= 15 is 0 Å². The Morgan fingerprint density at radius 2 is 0.922 bits per heavy atom. The molecule has 3 aliphatic rings. The van der Waals surface area contributed by atoms with Crippen LogP contribution in [0.4, 0.5) is 0 Å². The van der Waals surface area contributed by atoms with E-state index in [-0.39, 0.29) is 15.3 Å². The van der Waals surface area contributed by atoms with E-state index in [0.717, 1.165) is 55.8 Å². The first kappa shape index (κ1) is 62.5. The summed E-state index contributed by atoms with van der Waals surface area (Å²) in [5, 5.41) is -0.635. The number of rotatable bonds is 20. The molecule has 0 saturated heterocycles. The van der Waals surface area contributed by atoms with E-state index in [1.165, 1.54) is 16.0 Å². The van der Waals surface area contributed by atoms with Gasteiger partial charge in [-0.25, -0.2) is 0 Å². The van der Waals surface area contributed by atoms with Crippen LogP contribution in [0.1, 0.15) is 120 Å². The van der Waals surface area contributed by atoms with Crippen LogP contribution in [0.3, 0.4) is 0 Å². The third kappa shape index (κ3) is 12.8. The Bertz CT molecular complexity index is 3940. The van der Waals surface area contributed by atoms with Crippen LogP contribution in [0.2, 0.25) is 36.3 Å². The zero-order valence-corrected chi connectivity index (χ0v) is 56.8. The number of para-hydroxylation sites is 1. The molecule has 9 aromatic carbocycles. The number of ether oxygens (including phenoxy) is 7. The summed E-state index contributed by atoms with van der Waals surface area (Å²) in [6.45, 7) is 28.9. The molecule has 12 rings (SSSR count). The summed E-state index contributed by atoms with van der Waals surface area (Å²) in [5.41, 5.74) is 11.1. The van der Waals surface area contributed by atoms with Crippen LogP contribution < -0.4 is 33.2 Å². The van der Waals surface area contributed by atoms with Crippen LogP contribution >= 0.6 is 11.8 Å². The molecule has 0 radical (unpaired) electrons. The Morgan fingerprint density at radius 3 is 1.46 bits per heavy atom. The molecule has 0 N–H and O–H groups in total. The summed E-state index contributed by atoms with van der Waals surface area (Å²) in [7, 11) is -5.31. The highest BCUT2D eigenvalue weighted by Crippen LogP contribution is 2.64. The Morgan fingerprint density at radius 1 is 0.456 bits per heavy atom. The van der Waals surface area contributed by atoms with Gasteiger partial charge in [-0.2, -0.15) is 0 Å². The maximum absolute atomic E-state index is 8.05. The molecule has 9 nitrogen and oxygen atoms in total. The number of aryl methyl sites for hydroxylation is 2. The van der Waals surface area contributed by atoms with Gasteiger partial charge in [0.25, 0.3) is 0 Å². The molecule has 9 aromatic rings. The van der Waals surface area contributed by atoms with Gasteiger partial charge in [0, 0.05) is 27.1 Å². The topological polar surface area (TPSA) is 83.1 Å². The summed E-state index contributed by atoms with van der Waals surface area (Å²) < 4.78 is 66.5. The molecular weight excluding hydrogens is 1170 g/mol. The zero-order valence-electron chi connectivity index (χ0n) is 54.0. The maximum Gasteiger partial charge on any atom is 0.304 e. The second kappa shape index (κ2) is 25.5. The van der Waals surface area contributed by atoms with Crippen molar-refractivity contribution in [1.82, 2.24) is 0 Å². The quantitative estimate of drug-likeness (QED) is 0.0688. The maximum atomic E-state index is 8.05. The van der Waals surface area contributed by atoms with Gasteiger partial charge >= 0.3 is 5.79 Å². The summed E-state index contributed by atoms with van der Waals surface area (Å²) in [6.07, 6.45) is -1.88. The molecule has 464 valence electrons. The third-order valence-corrected chi connectivity index (χ3v) is 29.4. The van der Waals surface area contributed by atoms with Crippen molar-refractivity contribution in [3.05, 3.63) is 274 Å². The summed E-state index contributed by atoms with van der Waals surface area (Å²) in [5.74, 6) is 2.46. The smallest absolute Gasteiger partial charge is 0.304 e. The fourth-order valence-electron chi connectivity index (χ4n) is 11.7. The average molecular weight is 1250 g/mol. The van der Waals surface area contributed by atoms with Crippen molar-refractivity contribution in [2.24, 2.45) is 0 Å². The van der Waals surface area contributed by atoms with Crippen LogP contribution in [-0.2, 0) is 41.1 Å². The van der Waals surface area contributed by atoms with Gasteiger partial charge < -0.3 is 42.0 Å². The number of hydrogen-bond donors (Lipinski definition) is 0. The highest BCUT2D eigenvalue weighted by atomic mass is 32.2. The molecule has 3 heterocycles. The van der Waals surface area contributed by atoms with Gasteiger partial charge in [0.1, 0.15) is 55.9 Å². The van der Waals surface area contributed by atoms with Crippen molar-refractivity contribution < 1.29 is 42.0 Å². The van der Waals surface area contributed by atoms with E-state index in [0.29, 0.717) is 60.9 Å². The van der Waals surface area contributed by atoms with Gasteiger partial charge in [-0.3, -0.25) is 0 Å². The van der Waals surface area contributed by atoms with Crippen molar-refractivity contribution in [1.29, 1.82) is 0 Å². The Labute approximate surface area is 539 Å². The number of fused-ring (bicyclic) bond motifs is 8. The lowest BCUT2D eigenvalue weighted by Crippen LogP contribution is -2.62. The van der Waals surface area contributed by atoms with Gasteiger partial charge in [-0.1, -0.05) is 211 Å². The molecule has 3 aliphatic heterocycles. The Hall–Kier alpha value is -7.72. The fraction of sp³-hybridized carbons (Fsp3) is 0.308. The summed E-state index contributed by atoms with van der Waals surface area (Å²) in [6, 6.07) is 72.6. The van der Waals surface area contributed by atoms with Gasteiger partial charge in [-0.05, 0) is 132 Å². The number of thioether (sulfide) groups is 1. The minimum atomic E-state index is -2.72. The Balaban J connectivity index is 1.07. The molecule has 90 heavy (non-hydrogen) atoms. The molecule has 0 amide bonds. The van der Waals surface area contributed by atoms with Crippen molar-refractivity contribution >= 4 is 28.4 Å². The lowest BCUT2D eigenvalue weighted by molar-refractivity contribution is -0.213. The molecule has 1 unspecified atom stereocenters. The predicted octanol–water partition coefficient (Wildman–Crippen LogP) is 20.1. The van der Waals surface area contributed by atoms with E-state index < -0.39 is 46.7 Å². The molecule has 0 spiro atoms. The van der Waals surface area contributed by atoms with E-state index in [9.17, 15) is 0 Å². The lowest BCUT2D eigenvalue weighted by atomic mass is 9.74. The van der Waals surface area contributed by atoms with Crippen molar-refractivity contribution in [3.63, 3.8) is 0 Å². The first-order valence-corrected chi connectivity index (χ1v) is 38.2. The van der Waals surface area contributed by atoms with Crippen LogP contribution in [0, 0.1) is 13.8 Å². The normalized spacial score (nSPS) is 19.4. The summed E-state index contributed by atoms with van der Waals surface area (Å²) >= 11 is 1.86. The van der Waals surface area contributed by atoms with Crippen LogP contribution in [0.15, 0.2) is 217 Å². The second-order valence-electron chi connectivity index (χ2n) is 27.2. The van der Waals surface area contributed by atoms with Gasteiger partial charge in [0.05, 0.1) is 11.2 Å². The highest BCUT2D eigenvalue weighted by Gasteiger charge is 2.63. The van der Waals surface area contributed by atoms with Crippen molar-refractivity contribution in [2.75, 3.05) is 0 Å². The highest BCUT2D eigenvalue weighted by molar-refractivity contribution is 7.99. The molecular formula is C78H84O9SSi2. The SMILES string of the molecule is Cc1cccc(C)c1S[C@H]1c2ccc3c(c2O[C@H](c2ccc(OCc4ccccc4)c(OCc4ccccc4)c2)[C@@H]1O[Si](C)(C)C(C)(C)C)C1c2ccccc2O[C@@](c2ccc(OCc4ccccc4)c(OCc4ccccc4)c2)(O3)[C@@H]1O[Si](C)(C)C(C)(C)C. The average Bonchev–Trinajstić information content (AvgIpc) is 0.696. The minimum Gasteiger partial charge on any atom is -0.485 e. The van der Waals surface area contributed by atoms with E-state index in [4.69, 9.17) is 42.0 Å². The number of hydrogen-bond acceptors (Lipinski definition) is 10. The van der Waals surface area contributed by atoms with Crippen molar-refractivity contribution in [2.45, 2.75) is 158 Å². The largest absolute Gasteiger partial charge is 0.485 e. The van der Waals surface area contributed by atoms with E-state index in [1.807, 2.05) is 109 Å². The standard InChI is InChI=1S/C78H84O9SSi2/c1-52-28-27-29-53(2)73(52)88-74-61-42-45-65-69(71(61)83-70(72(74)86-89(9,10)76(3,4)5)58-40-43-63(79-48-54-30-17-13-18-31-54)66(46-58)81-50-56-34-21-15-22-35-56)68-60-38-25-26-39-62(60)84-78(85-65,75(68)87-90(11,12)77(6,7)8)59-41-44-64(80-49-55-32-19-14-20-33-55)67(47-59)82-51-57-36-23-16-24-37-57/h13-47,68,70,72,74-75H,48-51H2,1-12H3/t68?,70-,72+,74+,75-,78+/m1/s1. The Kier molecular flexibility index (Phi) is 17.7. The molecule has 0 aromatic heterocycles. The summed E-state index contributed by atoms with van der Waals surface area (Å²) in [4.78, 5) is 1.21. The lowest BCUT2D eigenvalue weighted by Gasteiger charge is -2.55. The number of benzene rings is 9. The molecule has 6 atom stereocenters. The van der Waals surface area contributed by atoms with Crippen molar-refractivity contribution in [3.8, 4) is 40.2 Å². The molecule has 0 saturated carbocycles. The monoisotopic (exact) mass is 1250 g/mol. The van der Waals surface area contributed by atoms with Gasteiger partial charge in [0.2, 0.25) is 0 Å². The molecule has 0 aliphatic carbocycles. The molecule has 2 bridgehead atoms. The fourth-order valence-corrected chi connectivity index (χ4v) is 15.8. The van der Waals surface area contributed by atoms with Crippen LogP contribution in [-0.4, -0.2) is 28.8 Å². The molecule has 12 heteroatoms. The van der Waals surface area contributed by atoms with Gasteiger partial charge in [0.15, 0.2) is 45.7 Å². The van der Waals surface area contributed by atoms with E-state index in [1.54, 1.807) is 0 Å². The van der Waals surface area contributed by atoms with E-state index in [2.05, 4.69) is 197 Å². The minimum absolute atomic E-state index is 0.142. The predicted molar refractivity (Wildman–Crippen MR) is 366 cm³/mol. The second-order valence-corrected chi connectivity index (χ2v) is 37.9. The van der Waals surface area contributed by atoms with Gasteiger partial charge in [-0.15, -0.1) is 11.8 Å². The molecule has 0 fully saturated rings. The first-order valence-electron chi connectivity index (χ1n) is 31.5. The van der Waals surface area contributed by atoms with Crippen LogP contribution in [0.5, 0.6) is 40.2 Å². The van der Waals surface area contributed by atoms with Crippen LogP contribution in [0.25, 0.3) is 0 Å².